The Kier molecular flexibility index (Phi) is 5.23. The Labute approximate surface area is 175 Å². The molecule has 1 heterocycles. The molecule has 2 N–H and O–H groups in total. The molecule has 3 aromatic rings. The molecule has 4 rings (SSSR count). The molecule has 0 aromatic heterocycles. The summed E-state index contributed by atoms with van der Waals surface area (Å²) in [6.45, 7) is 6.64. The van der Waals surface area contributed by atoms with Gasteiger partial charge in [-0.15, -0.1) is 0 Å². The molecule has 6 heteroatoms. The Bertz CT molecular complexity index is 1060. The standard InChI is InChI=1S/C24H24N2O4/c1-24(2,3)16-5-4-6-18(13-16)26-23(27)25-17-7-9-19(10-8-17)30-20-11-12-21-22(14-20)29-15-28-21/h4-14H,15H2,1-3H3,(H2,25,26,27). The van der Waals surface area contributed by atoms with Gasteiger partial charge in [-0.05, 0) is 59.5 Å². The van der Waals surface area contributed by atoms with Crippen LogP contribution in [0, 0.1) is 0 Å². The summed E-state index contributed by atoms with van der Waals surface area (Å²) in [5.41, 5.74) is 2.59. The number of nitrogens with one attached hydrogen (secondary N) is 2. The molecule has 2 amide bonds. The molecule has 0 saturated heterocycles. The fourth-order valence-corrected chi connectivity index (χ4v) is 3.04. The van der Waals surface area contributed by atoms with Crippen molar-refractivity contribution >= 4 is 17.4 Å². The Balaban J connectivity index is 1.36. The van der Waals surface area contributed by atoms with Gasteiger partial charge in [-0.2, -0.15) is 0 Å². The first-order valence-corrected chi connectivity index (χ1v) is 9.73. The molecule has 0 atom stereocenters. The number of anilines is 2. The average molecular weight is 404 g/mol. The highest BCUT2D eigenvalue weighted by Gasteiger charge is 2.15. The van der Waals surface area contributed by atoms with E-state index in [0.29, 0.717) is 28.7 Å². The summed E-state index contributed by atoms with van der Waals surface area (Å²) in [5, 5.41) is 5.71. The number of hydrogen-bond donors (Lipinski definition) is 2. The second-order valence-electron chi connectivity index (χ2n) is 8.05. The van der Waals surface area contributed by atoms with Crippen LogP contribution in [0.4, 0.5) is 16.2 Å². The van der Waals surface area contributed by atoms with Crippen LogP contribution in [0.3, 0.4) is 0 Å². The zero-order valence-electron chi connectivity index (χ0n) is 17.2. The van der Waals surface area contributed by atoms with E-state index in [1.807, 2.05) is 30.3 Å². The molecule has 3 aromatic carbocycles. The molecular weight excluding hydrogens is 380 g/mol. The van der Waals surface area contributed by atoms with Crippen molar-refractivity contribution in [1.82, 2.24) is 0 Å². The number of hydrogen-bond acceptors (Lipinski definition) is 4. The van der Waals surface area contributed by atoms with E-state index in [4.69, 9.17) is 14.2 Å². The van der Waals surface area contributed by atoms with Crippen molar-refractivity contribution in [3.63, 3.8) is 0 Å². The summed E-state index contributed by atoms with van der Waals surface area (Å²) in [7, 11) is 0. The minimum Gasteiger partial charge on any atom is -0.457 e. The van der Waals surface area contributed by atoms with Crippen molar-refractivity contribution in [2.24, 2.45) is 0 Å². The number of urea groups is 1. The topological polar surface area (TPSA) is 68.8 Å². The Morgan fingerprint density at radius 2 is 1.53 bits per heavy atom. The van der Waals surface area contributed by atoms with Gasteiger partial charge in [-0.25, -0.2) is 4.79 Å². The van der Waals surface area contributed by atoms with Crippen LogP contribution in [0.5, 0.6) is 23.0 Å². The lowest BCUT2D eigenvalue weighted by Crippen LogP contribution is -2.20. The Morgan fingerprint density at radius 3 is 2.30 bits per heavy atom. The maximum atomic E-state index is 12.3. The van der Waals surface area contributed by atoms with Gasteiger partial charge in [0.1, 0.15) is 11.5 Å². The van der Waals surface area contributed by atoms with E-state index in [-0.39, 0.29) is 18.2 Å². The third-order valence-corrected chi connectivity index (χ3v) is 4.68. The monoisotopic (exact) mass is 404 g/mol. The van der Waals surface area contributed by atoms with Gasteiger partial charge in [0.2, 0.25) is 6.79 Å². The summed E-state index contributed by atoms with van der Waals surface area (Å²) >= 11 is 0. The number of ether oxygens (including phenoxy) is 3. The van der Waals surface area contributed by atoms with Gasteiger partial charge in [-0.1, -0.05) is 32.9 Å². The summed E-state index contributed by atoms with van der Waals surface area (Å²) in [6.07, 6.45) is 0. The molecule has 0 fully saturated rings. The smallest absolute Gasteiger partial charge is 0.323 e. The van der Waals surface area contributed by atoms with Crippen LogP contribution in [0.2, 0.25) is 0 Å². The van der Waals surface area contributed by atoms with Crippen LogP contribution in [-0.4, -0.2) is 12.8 Å². The van der Waals surface area contributed by atoms with Gasteiger partial charge in [-0.3, -0.25) is 0 Å². The number of carbonyl (C=O) groups excluding carboxylic acids is 1. The van der Waals surface area contributed by atoms with Crippen LogP contribution in [-0.2, 0) is 5.41 Å². The molecule has 154 valence electrons. The first-order valence-electron chi connectivity index (χ1n) is 9.73. The van der Waals surface area contributed by atoms with E-state index in [1.54, 1.807) is 30.3 Å². The molecule has 6 nitrogen and oxygen atoms in total. The molecule has 0 spiro atoms. The Morgan fingerprint density at radius 1 is 0.833 bits per heavy atom. The Hall–Kier alpha value is -3.67. The quantitative estimate of drug-likeness (QED) is 0.547. The summed E-state index contributed by atoms with van der Waals surface area (Å²) in [6, 6.07) is 20.1. The van der Waals surface area contributed by atoms with E-state index in [0.717, 1.165) is 11.3 Å². The van der Waals surface area contributed by atoms with E-state index < -0.39 is 0 Å². The van der Waals surface area contributed by atoms with Crippen LogP contribution in [0.25, 0.3) is 0 Å². The number of amides is 2. The van der Waals surface area contributed by atoms with Gasteiger partial charge in [0.15, 0.2) is 11.5 Å². The minimum absolute atomic E-state index is 0.0159. The van der Waals surface area contributed by atoms with Crippen molar-refractivity contribution in [1.29, 1.82) is 0 Å². The van der Waals surface area contributed by atoms with E-state index >= 15 is 0 Å². The van der Waals surface area contributed by atoms with E-state index in [2.05, 4.69) is 37.5 Å². The van der Waals surface area contributed by atoms with Crippen LogP contribution in [0.15, 0.2) is 66.7 Å². The van der Waals surface area contributed by atoms with Gasteiger partial charge < -0.3 is 24.8 Å². The maximum Gasteiger partial charge on any atom is 0.323 e. The van der Waals surface area contributed by atoms with Crippen molar-refractivity contribution in [2.75, 3.05) is 17.4 Å². The van der Waals surface area contributed by atoms with E-state index in [1.165, 1.54) is 0 Å². The average Bonchev–Trinajstić information content (AvgIpc) is 3.17. The number of benzene rings is 3. The lowest BCUT2D eigenvalue weighted by Gasteiger charge is -2.20. The van der Waals surface area contributed by atoms with Crippen LogP contribution < -0.4 is 24.8 Å². The van der Waals surface area contributed by atoms with Crippen molar-refractivity contribution in [3.8, 4) is 23.0 Å². The summed E-state index contributed by atoms with van der Waals surface area (Å²) in [5.74, 6) is 2.67. The number of carbonyl (C=O) groups is 1. The van der Waals surface area contributed by atoms with Crippen LogP contribution in [0.1, 0.15) is 26.3 Å². The third kappa shape index (κ3) is 4.66. The van der Waals surface area contributed by atoms with Crippen molar-refractivity contribution in [3.05, 3.63) is 72.3 Å². The zero-order chi connectivity index (χ0) is 21.1. The minimum atomic E-state index is -0.300. The summed E-state index contributed by atoms with van der Waals surface area (Å²) < 4.78 is 16.5. The number of fused-ring (bicyclic) bond motifs is 1. The largest absolute Gasteiger partial charge is 0.457 e. The highest BCUT2D eigenvalue weighted by molar-refractivity contribution is 5.99. The predicted molar refractivity (Wildman–Crippen MR) is 117 cm³/mol. The molecule has 30 heavy (non-hydrogen) atoms. The lowest BCUT2D eigenvalue weighted by molar-refractivity contribution is 0.174. The SMILES string of the molecule is CC(C)(C)c1cccc(NC(=O)Nc2ccc(Oc3ccc4c(c3)OCO4)cc2)c1. The fourth-order valence-electron chi connectivity index (χ4n) is 3.04. The second kappa shape index (κ2) is 7.99. The van der Waals surface area contributed by atoms with Crippen LogP contribution >= 0.6 is 0 Å². The van der Waals surface area contributed by atoms with Crippen molar-refractivity contribution < 1.29 is 19.0 Å². The molecule has 1 aliphatic heterocycles. The molecule has 0 aliphatic carbocycles. The zero-order valence-corrected chi connectivity index (χ0v) is 17.2. The van der Waals surface area contributed by atoms with Gasteiger partial charge in [0.25, 0.3) is 0 Å². The maximum absolute atomic E-state index is 12.3. The molecule has 0 saturated carbocycles. The molecule has 1 aliphatic rings. The lowest BCUT2D eigenvalue weighted by atomic mass is 9.87. The highest BCUT2D eigenvalue weighted by atomic mass is 16.7. The fraction of sp³-hybridized carbons (Fsp3) is 0.208. The first kappa shape index (κ1) is 19.6. The molecule has 0 radical (unpaired) electrons. The van der Waals surface area contributed by atoms with Gasteiger partial charge in [0.05, 0.1) is 0 Å². The van der Waals surface area contributed by atoms with E-state index in [9.17, 15) is 4.79 Å². The molecular formula is C24H24N2O4. The molecule has 0 bridgehead atoms. The molecule has 0 unspecified atom stereocenters. The second-order valence-corrected chi connectivity index (χ2v) is 8.05. The third-order valence-electron chi connectivity index (χ3n) is 4.68. The van der Waals surface area contributed by atoms with Gasteiger partial charge >= 0.3 is 6.03 Å². The first-order chi connectivity index (χ1) is 14.4. The normalized spacial score (nSPS) is 12.4. The highest BCUT2D eigenvalue weighted by Crippen LogP contribution is 2.36. The van der Waals surface area contributed by atoms with Crippen molar-refractivity contribution in [2.45, 2.75) is 26.2 Å². The summed E-state index contributed by atoms with van der Waals surface area (Å²) in [4.78, 5) is 12.3. The van der Waals surface area contributed by atoms with Gasteiger partial charge in [0, 0.05) is 17.4 Å². The number of rotatable bonds is 4. The predicted octanol–water partition coefficient (Wildman–Crippen LogP) is 6.15.